The van der Waals surface area contributed by atoms with Crippen molar-refractivity contribution in [2.75, 3.05) is 12.9 Å². The minimum atomic E-state index is -0.881. The third kappa shape index (κ3) is 4.70. The van der Waals surface area contributed by atoms with Crippen LogP contribution in [0.2, 0.25) is 0 Å². The Morgan fingerprint density at radius 2 is 2.22 bits per heavy atom. The molecule has 0 saturated carbocycles. The highest BCUT2D eigenvalue weighted by Gasteiger charge is 2.28. The monoisotopic (exact) mass is 267 g/mol. The first-order chi connectivity index (χ1) is 8.45. The molecular weight excluding hydrogens is 246 g/mol. The van der Waals surface area contributed by atoms with Gasteiger partial charge in [0, 0.05) is 5.75 Å². The quantitative estimate of drug-likeness (QED) is 0.635. The highest BCUT2D eigenvalue weighted by molar-refractivity contribution is 7.98. The SMILES string of the molecule is COC(=O)C(C)(N)CCSCc1cccc(C)c1. The van der Waals surface area contributed by atoms with Crippen molar-refractivity contribution in [2.45, 2.75) is 31.6 Å². The average molecular weight is 267 g/mol. The van der Waals surface area contributed by atoms with E-state index in [1.54, 1.807) is 18.7 Å². The molecule has 1 aromatic carbocycles. The zero-order chi connectivity index (χ0) is 13.6. The molecule has 1 unspecified atom stereocenters. The number of aryl methyl sites for hydroxylation is 1. The van der Waals surface area contributed by atoms with Crippen LogP contribution in [0.4, 0.5) is 0 Å². The van der Waals surface area contributed by atoms with Crippen molar-refractivity contribution < 1.29 is 9.53 Å². The molecule has 0 aliphatic rings. The van der Waals surface area contributed by atoms with Crippen LogP contribution in [0, 0.1) is 6.92 Å². The molecule has 100 valence electrons. The Morgan fingerprint density at radius 3 is 2.83 bits per heavy atom. The van der Waals surface area contributed by atoms with Crippen molar-refractivity contribution in [3.63, 3.8) is 0 Å². The van der Waals surface area contributed by atoms with E-state index >= 15 is 0 Å². The highest BCUT2D eigenvalue weighted by Crippen LogP contribution is 2.18. The number of hydrogen-bond donors (Lipinski definition) is 1. The van der Waals surface area contributed by atoms with Crippen LogP contribution in [0.25, 0.3) is 0 Å². The van der Waals surface area contributed by atoms with Gasteiger partial charge in [0.25, 0.3) is 0 Å². The Hall–Kier alpha value is -1.00. The maximum Gasteiger partial charge on any atom is 0.325 e. The fourth-order valence-electron chi connectivity index (χ4n) is 1.61. The summed E-state index contributed by atoms with van der Waals surface area (Å²) in [5, 5.41) is 0. The van der Waals surface area contributed by atoms with E-state index in [9.17, 15) is 4.79 Å². The van der Waals surface area contributed by atoms with Gasteiger partial charge in [0.1, 0.15) is 5.54 Å². The largest absolute Gasteiger partial charge is 0.468 e. The van der Waals surface area contributed by atoms with Crippen LogP contribution in [0.15, 0.2) is 24.3 Å². The second-order valence-corrected chi connectivity index (χ2v) is 5.81. The van der Waals surface area contributed by atoms with Gasteiger partial charge >= 0.3 is 5.97 Å². The van der Waals surface area contributed by atoms with Crippen LogP contribution in [0.3, 0.4) is 0 Å². The van der Waals surface area contributed by atoms with E-state index in [0.29, 0.717) is 6.42 Å². The van der Waals surface area contributed by atoms with E-state index in [1.165, 1.54) is 18.2 Å². The van der Waals surface area contributed by atoms with Crippen molar-refractivity contribution in [1.29, 1.82) is 0 Å². The molecule has 0 amide bonds. The zero-order valence-electron chi connectivity index (χ0n) is 11.2. The van der Waals surface area contributed by atoms with Gasteiger partial charge in [-0.05, 0) is 31.6 Å². The molecule has 1 atom stereocenters. The standard InChI is InChI=1S/C14H21NO2S/c1-11-5-4-6-12(9-11)10-18-8-7-14(2,15)13(16)17-3/h4-6,9H,7-8,10,15H2,1-3H3. The molecule has 0 bridgehead atoms. The van der Waals surface area contributed by atoms with Gasteiger partial charge in [0.2, 0.25) is 0 Å². The Morgan fingerprint density at radius 1 is 1.50 bits per heavy atom. The molecule has 0 saturated heterocycles. The first-order valence-corrected chi connectivity index (χ1v) is 7.12. The topological polar surface area (TPSA) is 52.3 Å². The van der Waals surface area contributed by atoms with Gasteiger partial charge in [-0.2, -0.15) is 11.8 Å². The number of benzene rings is 1. The number of esters is 1. The normalized spacial score (nSPS) is 14.0. The van der Waals surface area contributed by atoms with E-state index in [0.717, 1.165) is 11.5 Å². The first kappa shape index (κ1) is 15.1. The van der Waals surface area contributed by atoms with Crippen LogP contribution >= 0.6 is 11.8 Å². The van der Waals surface area contributed by atoms with Crippen molar-refractivity contribution in [3.05, 3.63) is 35.4 Å². The summed E-state index contributed by atoms with van der Waals surface area (Å²) in [5.41, 5.74) is 7.58. The maximum absolute atomic E-state index is 11.4. The minimum absolute atomic E-state index is 0.348. The molecule has 0 radical (unpaired) electrons. The zero-order valence-corrected chi connectivity index (χ0v) is 12.0. The number of rotatable bonds is 6. The summed E-state index contributed by atoms with van der Waals surface area (Å²) in [6, 6.07) is 8.44. The lowest BCUT2D eigenvalue weighted by molar-refractivity contribution is -0.146. The summed E-state index contributed by atoms with van der Waals surface area (Å²) < 4.78 is 4.67. The Bertz CT molecular complexity index is 405. The van der Waals surface area contributed by atoms with Crippen LogP contribution < -0.4 is 5.73 Å². The van der Waals surface area contributed by atoms with E-state index in [4.69, 9.17) is 5.73 Å². The lowest BCUT2D eigenvalue weighted by Gasteiger charge is -2.20. The lowest BCUT2D eigenvalue weighted by Crippen LogP contribution is -2.46. The number of nitrogens with two attached hydrogens (primary N) is 1. The first-order valence-electron chi connectivity index (χ1n) is 5.96. The van der Waals surface area contributed by atoms with Gasteiger partial charge < -0.3 is 10.5 Å². The van der Waals surface area contributed by atoms with Gasteiger partial charge in [0.05, 0.1) is 7.11 Å². The maximum atomic E-state index is 11.4. The van der Waals surface area contributed by atoms with Gasteiger partial charge in [-0.25, -0.2) is 0 Å². The summed E-state index contributed by atoms with van der Waals surface area (Å²) >= 11 is 1.78. The molecule has 4 heteroatoms. The molecule has 0 heterocycles. The van der Waals surface area contributed by atoms with Crippen LogP contribution in [0.1, 0.15) is 24.5 Å². The van der Waals surface area contributed by atoms with Gasteiger partial charge in [-0.3, -0.25) is 4.79 Å². The number of carbonyl (C=O) groups is 1. The Labute approximate surface area is 113 Å². The Kier molecular flexibility index (Phi) is 5.69. The minimum Gasteiger partial charge on any atom is -0.468 e. The predicted octanol–water partition coefficient (Wildman–Crippen LogP) is 2.51. The van der Waals surface area contributed by atoms with E-state index in [2.05, 4.69) is 35.9 Å². The number of carbonyl (C=O) groups excluding carboxylic acids is 1. The number of thioether (sulfide) groups is 1. The summed E-state index contributed by atoms with van der Waals surface area (Å²) in [4.78, 5) is 11.4. The molecule has 0 aliphatic heterocycles. The molecule has 0 fully saturated rings. The summed E-state index contributed by atoms with van der Waals surface area (Å²) in [6.45, 7) is 3.80. The molecule has 18 heavy (non-hydrogen) atoms. The van der Waals surface area contributed by atoms with Crippen LogP contribution in [0.5, 0.6) is 0 Å². The smallest absolute Gasteiger partial charge is 0.325 e. The highest BCUT2D eigenvalue weighted by atomic mass is 32.2. The van der Waals surface area contributed by atoms with Crippen molar-refractivity contribution in [2.24, 2.45) is 5.73 Å². The molecule has 2 N–H and O–H groups in total. The number of hydrogen-bond acceptors (Lipinski definition) is 4. The fraction of sp³-hybridized carbons (Fsp3) is 0.500. The van der Waals surface area contributed by atoms with Crippen LogP contribution in [-0.2, 0) is 15.3 Å². The van der Waals surface area contributed by atoms with E-state index in [1.807, 2.05) is 0 Å². The predicted molar refractivity (Wildman–Crippen MR) is 76.6 cm³/mol. The van der Waals surface area contributed by atoms with Gasteiger partial charge in [-0.15, -0.1) is 0 Å². The van der Waals surface area contributed by atoms with Crippen molar-refractivity contribution >= 4 is 17.7 Å². The molecule has 1 aromatic rings. The van der Waals surface area contributed by atoms with E-state index in [-0.39, 0.29) is 5.97 Å². The molecule has 1 rings (SSSR count). The van der Waals surface area contributed by atoms with Gasteiger partial charge in [0.15, 0.2) is 0 Å². The summed E-state index contributed by atoms with van der Waals surface area (Å²) in [5.74, 6) is 1.44. The second-order valence-electron chi connectivity index (χ2n) is 4.70. The fourth-order valence-corrected chi connectivity index (χ4v) is 2.74. The second kappa shape index (κ2) is 6.81. The molecule has 3 nitrogen and oxygen atoms in total. The average Bonchev–Trinajstić information content (AvgIpc) is 2.33. The third-order valence-corrected chi connectivity index (χ3v) is 3.80. The van der Waals surface area contributed by atoms with Gasteiger partial charge in [-0.1, -0.05) is 29.8 Å². The molecule has 0 spiro atoms. The number of methoxy groups -OCH3 is 1. The summed E-state index contributed by atoms with van der Waals surface area (Å²) in [7, 11) is 1.37. The molecule has 0 aliphatic carbocycles. The van der Waals surface area contributed by atoms with Crippen LogP contribution in [-0.4, -0.2) is 24.4 Å². The summed E-state index contributed by atoms with van der Waals surface area (Å²) in [6.07, 6.45) is 0.621. The van der Waals surface area contributed by atoms with Crippen molar-refractivity contribution in [1.82, 2.24) is 0 Å². The number of ether oxygens (including phenoxy) is 1. The molecular formula is C14H21NO2S. The third-order valence-electron chi connectivity index (χ3n) is 2.77. The molecule has 0 aromatic heterocycles. The van der Waals surface area contributed by atoms with E-state index < -0.39 is 5.54 Å². The van der Waals surface area contributed by atoms with Crippen molar-refractivity contribution in [3.8, 4) is 0 Å². The Balaban J connectivity index is 2.33. The lowest BCUT2D eigenvalue weighted by atomic mass is 10.0.